The lowest BCUT2D eigenvalue weighted by molar-refractivity contribution is -0.126. The van der Waals surface area contributed by atoms with E-state index in [-0.39, 0.29) is 5.91 Å². The van der Waals surface area contributed by atoms with E-state index in [4.69, 9.17) is 5.73 Å². The van der Waals surface area contributed by atoms with Crippen LogP contribution in [-0.4, -0.2) is 16.4 Å². The van der Waals surface area contributed by atoms with Gasteiger partial charge in [0.15, 0.2) is 0 Å². The molecule has 1 amide bonds. The highest BCUT2D eigenvalue weighted by molar-refractivity contribution is 7.11. The molecule has 1 aliphatic rings. The zero-order valence-electron chi connectivity index (χ0n) is 9.45. The molecule has 0 saturated heterocycles. The second kappa shape index (κ2) is 4.51. The van der Waals surface area contributed by atoms with Crippen molar-refractivity contribution >= 4 is 17.2 Å². The number of hydrogen-bond acceptors (Lipinski definition) is 4. The Bertz CT molecular complexity index is 382. The third kappa shape index (κ3) is 2.41. The van der Waals surface area contributed by atoms with Crippen molar-refractivity contribution in [1.29, 1.82) is 0 Å². The third-order valence-corrected chi connectivity index (χ3v) is 3.95. The summed E-state index contributed by atoms with van der Waals surface area (Å²) in [5, 5.41) is 3.92. The number of aryl methyl sites for hydroxylation is 1. The topological polar surface area (TPSA) is 68.0 Å². The van der Waals surface area contributed by atoms with Crippen LogP contribution in [0, 0.1) is 6.92 Å². The van der Waals surface area contributed by atoms with Crippen LogP contribution in [0.4, 0.5) is 0 Å². The summed E-state index contributed by atoms with van der Waals surface area (Å²) in [5.74, 6) is -0.0175. The lowest BCUT2D eigenvalue weighted by atomic mass is 9.98. The molecule has 1 aromatic rings. The minimum absolute atomic E-state index is 0.0175. The monoisotopic (exact) mass is 239 g/mol. The van der Waals surface area contributed by atoms with Gasteiger partial charge in [0.2, 0.25) is 5.91 Å². The molecule has 2 rings (SSSR count). The van der Waals surface area contributed by atoms with Gasteiger partial charge in [0.1, 0.15) is 0 Å². The molecule has 0 unspecified atom stereocenters. The lowest BCUT2D eigenvalue weighted by Gasteiger charge is -2.21. The molecule has 0 atom stereocenters. The number of nitrogens with one attached hydrogen (secondary N) is 1. The van der Waals surface area contributed by atoms with Gasteiger partial charge < -0.3 is 11.1 Å². The number of nitrogens with zero attached hydrogens (tertiary/aromatic N) is 1. The van der Waals surface area contributed by atoms with E-state index in [9.17, 15) is 4.79 Å². The number of hydrogen-bond donors (Lipinski definition) is 2. The van der Waals surface area contributed by atoms with E-state index in [1.807, 2.05) is 6.92 Å². The number of thiazole rings is 1. The van der Waals surface area contributed by atoms with E-state index in [1.165, 1.54) is 0 Å². The molecule has 0 radical (unpaired) electrons. The normalized spacial score (nSPS) is 18.6. The number of amides is 1. The van der Waals surface area contributed by atoms with Gasteiger partial charge in [0.05, 0.1) is 17.1 Å². The van der Waals surface area contributed by atoms with Crippen LogP contribution in [0.1, 0.15) is 35.6 Å². The van der Waals surface area contributed by atoms with Crippen molar-refractivity contribution in [2.45, 2.75) is 44.7 Å². The molecule has 3 N–H and O–H groups in total. The largest absolute Gasteiger partial charge is 0.350 e. The average molecular weight is 239 g/mol. The maximum Gasteiger partial charge on any atom is 0.240 e. The predicted octanol–water partition coefficient (Wildman–Crippen LogP) is 1.34. The highest BCUT2D eigenvalue weighted by Crippen LogP contribution is 2.27. The number of carbonyl (C=O) groups is 1. The Morgan fingerprint density at radius 2 is 2.31 bits per heavy atom. The summed E-state index contributed by atoms with van der Waals surface area (Å²) >= 11 is 1.60. The molecule has 0 bridgehead atoms. The molecule has 1 aliphatic carbocycles. The molecule has 1 aromatic heterocycles. The molecule has 1 fully saturated rings. The van der Waals surface area contributed by atoms with Crippen LogP contribution in [0.5, 0.6) is 0 Å². The average Bonchev–Trinajstić information content (AvgIpc) is 2.85. The quantitative estimate of drug-likeness (QED) is 0.836. The standard InChI is InChI=1S/C11H17N3OS/c1-8-13-6-9(16-8)7-14-10(15)11(12)4-2-3-5-11/h6H,2-5,7,12H2,1H3,(H,14,15). The number of nitrogens with two attached hydrogens (primary N) is 1. The smallest absolute Gasteiger partial charge is 0.240 e. The van der Waals surface area contributed by atoms with E-state index in [0.29, 0.717) is 6.54 Å². The molecule has 4 nitrogen and oxygen atoms in total. The zero-order valence-corrected chi connectivity index (χ0v) is 10.3. The van der Waals surface area contributed by atoms with Gasteiger partial charge in [-0.2, -0.15) is 0 Å². The van der Waals surface area contributed by atoms with Crippen LogP contribution < -0.4 is 11.1 Å². The second-order valence-corrected chi connectivity index (χ2v) is 5.71. The molecule has 0 spiro atoms. The van der Waals surface area contributed by atoms with E-state index >= 15 is 0 Å². The van der Waals surface area contributed by atoms with E-state index in [2.05, 4.69) is 10.3 Å². The molecule has 1 heterocycles. The Labute approximate surface area is 99.3 Å². The minimum atomic E-state index is -0.625. The number of aromatic nitrogens is 1. The van der Waals surface area contributed by atoms with Crippen molar-refractivity contribution in [1.82, 2.24) is 10.3 Å². The van der Waals surface area contributed by atoms with Gasteiger partial charge in [-0.25, -0.2) is 4.98 Å². The van der Waals surface area contributed by atoms with Gasteiger partial charge >= 0.3 is 0 Å². The van der Waals surface area contributed by atoms with Gasteiger partial charge in [-0.3, -0.25) is 4.79 Å². The fourth-order valence-corrected chi connectivity index (χ4v) is 2.80. The van der Waals surface area contributed by atoms with Gasteiger partial charge in [-0.05, 0) is 19.8 Å². The van der Waals surface area contributed by atoms with Crippen LogP contribution in [0.3, 0.4) is 0 Å². The van der Waals surface area contributed by atoms with Crippen molar-refractivity contribution in [3.8, 4) is 0 Å². The fraction of sp³-hybridized carbons (Fsp3) is 0.636. The second-order valence-electron chi connectivity index (χ2n) is 4.39. The number of carbonyl (C=O) groups excluding carboxylic acids is 1. The molecule has 1 saturated carbocycles. The van der Waals surface area contributed by atoms with Crippen molar-refractivity contribution in [3.05, 3.63) is 16.1 Å². The first kappa shape index (κ1) is 11.5. The summed E-state index contributed by atoms with van der Waals surface area (Å²) in [4.78, 5) is 17.1. The highest BCUT2D eigenvalue weighted by Gasteiger charge is 2.36. The van der Waals surface area contributed by atoms with Crippen molar-refractivity contribution in [2.24, 2.45) is 5.73 Å². The Kier molecular flexibility index (Phi) is 3.25. The molecule has 0 aliphatic heterocycles. The predicted molar refractivity (Wildman–Crippen MR) is 64.1 cm³/mol. The van der Waals surface area contributed by atoms with Gasteiger partial charge in [0, 0.05) is 11.1 Å². The molecular weight excluding hydrogens is 222 g/mol. The molecular formula is C11H17N3OS. The Morgan fingerprint density at radius 3 is 2.88 bits per heavy atom. The summed E-state index contributed by atoms with van der Waals surface area (Å²) < 4.78 is 0. The summed E-state index contributed by atoms with van der Waals surface area (Å²) in [6, 6.07) is 0. The van der Waals surface area contributed by atoms with E-state index in [1.54, 1.807) is 17.5 Å². The van der Waals surface area contributed by atoms with Crippen LogP contribution in [0.25, 0.3) is 0 Å². The first-order chi connectivity index (χ1) is 7.60. The maximum absolute atomic E-state index is 11.9. The Balaban J connectivity index is 1.88. The summed E-state index contributed by atoms with van der Waals surface area (Å²) in [5.41, 5.74) is 5.42. The molecule has 88 valence electrons. The Morgan fingerprint density at radius 1 is 1.62 bits per heavy atom. The lowest BCUT2D eigenvalue weighted by Crippen LogP contribution is -2.51. The third-order valence-electron chi connectivity index (χ3n) is 3.04. The van der Waals surface area contributed by atoms with Crippen molar-refractivity contribution in [3.63, 3.8) is 0 Å². The van der Waals surface area contributed by atoms with E-state index in [0.717, 1.165) is 35.6 Å². The zero-order chi connectivity index (χ0) is 11.6. The van der Waals surface area contributed by atoms with Crippen molar-refractivity contribution < 1.29 is 4.79 Å². The first-order valence-corrected chi connectivity index (χ1v) is 6.40. The van der Waals surface area contributed by atoms with Crippen molar-refractivity contribution in [2.75, 3.05) is 0 Å². The first-order valence-electron chi connectivity index (χ1n) is 5.59. The SMILES string of the molecule is Cc1ncc(CNC(=O)C2(N)CCCC2)s1. The molecule has 16 heavy (non-hydrogen) atoms. The Hall–Kier alpha value is -0.940. The van der Waals surface area contributed by atoms with Crippen LogP contribution in [0.15, 0.2) is 6.20 Å². The van der Waals surface area contributed by atoms with Crippen LogP contribution in [-0.2, 0) is 11.3 Å². The minimum Gasteiger partial charge on any atom is -0.350 e. The molecule has 0 aromatic carbocycles. The molecule has 5 heteroatoms. The van der Waals surface area contributed by atoms with Gasteiger partial charge in [0.25, 0.3) is 0 Å². The van der Waals surface area contributed by atoms with Crippen LogP contribution >= 0.6 is 11.3 Å². The number of rotatable bonds is 3. The van der Waals surface area contributed by atoms with Gasteiger partial charge in [-0.1, -0.05) is 12.8 Å². The van der Waals surface area contributed by atoms with Crippen LogP contribution in [0.2, 0.25) is 0 Å². The fourth-order valence-electron chi connectivity index (χ4n) is 2.06. The van der Waals surface area contributed by atoms with Gasteiger partial charge in [-0.15, -0.1) is 11.3 Å². The van der Waals surface area contributed by atoms with E-state index < -0.39 is 5.54 Å². The summed E-state index contributed by atoms with van der Waals surface area (Å²) in [6.45, 7) is 2.50. The summed E-state index contributed by atoms with van der Waals surface area (Å²) in [7, 11) is 0. The maximum atomic E-state index is 11.9. The highest BCUT2D eigenvalue weighted by atomic mass is 32.1. The summed E-state index contributed by atoms with van der Waals surface area (Å²) in [6.07, 6.45) is 5.53.